The molecule has 3 aromatic rings. The van der Waals surface area contributed by atoms with E-state index >= 15 is 0 Å². The van der Waals surface area contributed by atoms with Gasteiger partial charge in [0, 0.05) is 43.6 Å². The molecule has 2 amide bonds. The van der Waals surface area contributed by atoms with Gasteiger partial charge in [0.25, 0.3) is 11.8 Å². The number of piperidine rings is 1. The lowest BCUT2D eigenvalue weighted by Gasteiger charge is -2.52. The molecule has 7 rings (SSSR count). The number of carbonyl (C=O) groups is 2. The molecule has 14 heteroatoms. The second-order valence-electron chi connectivity index (χ2n) is 15.2. The van der Waals surface area contributed by atoms with Crippen molar-refractivity contribution in [3.8, 4) is 5.75 Å². The van der Waals surface area contributed by atoms with E-state index < -0.39 is 80.7 Å². The molecule has 2 heterocycles. The number of alkyl halides is 2. The van der Waals surface area contributed by atoms with E-state index in [0.717, 1.165) is 41.3 Å². The van der Waals surface area contributed by atoms with Crippen LogP contribution in [-0.2, 0) is 31.3 Å². The third-order valence-corrected chi connectivity index (χ3v) is 12.1. The zero-order valence-electron chi connectivity index (χ0n) is 29.1. The van der Waals surface area contributed by atoms with E-state index in [-0.39, 0.29) is 25.3 Å². The van der Waals surface area contributed by atoms with Crippen molar-refractivity contribution in [1.29, 1.82) is 0 Å². The van der Waals surface area contributed by atoms with E-state index in [1.54, 1.807) is 18.2 Å². The van der Waals surface area contributed by atoms with Crippen LogP contribution in [0, 0.1) is 17.5 Å². The molecule has 3 aromatic carbocycles. The molecule has 2 spiro atoms. The number of nitrogens with zero attached hydrogens (tertiary/aromatic N) is 2. The van der Waals surface area contributed by atoms with E-state index in [2.05, 4.69) is 16.8 Å². The number of halogens is 5. The number of anilines is 2. The molecule has 2 fully saturated rings. The molecule has 8 nitrogen and oxygen atoms in total. The van der Waals surface area contributed by atoms with Gasteiger partial charge in [-0.2, -0.15) is 0 Å². The van der Waals surface area contributed by atoms with Crippen molar-refractivity contribution in [2.45, 2.75) is 73.8 Å². The summed E-state index contributed by atoms with van der Waals surface area (Å²) in [7, 11) is -3.55. The average Bonchev–Trinajstić information content (AvgIpc) is 3.34. The molecule has 2 atom stereocenters. The molecule has 4 aliphatic rings. The number of rotatable bonds is 9. The summed E-state index contributed by atoms with van der Waals surface area (Å²) in [6.45, 7) is 4.71. The van der Waals surface area contributed by atoms with Crippen LogP contribution in [0.3, 0.4) is 0 Å². The predicted molar refractivity (Wildman–Crippen MR) is 190 cm³/mol. The molecule has 1 saturated carbocycles. The Morgan fingerprint density at radius 2 is 1.75 bits per heavy atom. The number of fused-ring (bicyclic) bond motifs is 3. The summed E-state index contributed by atoms with van der Waals surface area (Å²) >= 11 is 0. The van der Waals surface area contributed by atoms with E-state index in [4.69, 9.17) is 4.74 Å². The Morgan fingerprint density at radius 3 is 2.42 bits per heavy atom. The maximum absolute atomic E-state index is 14.7. The lowest BCUT2D eigenvalue weighted by atomic mass is 9.73. The Morgan fingerprint density at radius 1 is 1.02 bits per heavy atom. The summed E-state index contributed by atoms with van der Waals surface area (Å²) in [6, 6.07) is 12.4. The van der Waals surface area contributed by atoms with Crippen LogP contribution in [0.25, 0.3) is 0 Å². The minimum atomic E-state index is -3.55. The molecule has 0 unspecified atom stereocenters. The third kappa shape index (κ3) is 7.52. The van der Waals surface area contributed by atoms with Gasteiger partial charge in [0.15, 0.2) is 11.6 Å². The first kappa shape index (κ1) is 36.9. The highest BCUT2D eigenvalue weighted by Crippen LogP contribution is 2.55. The lowest BCUT2D eigenvalue weighted by molar-refractivity contribution is -0.190. The fraction of sp³-hybridized carbons (Fsp3) is 0.436. The maximum atomic E-state index is 14.7. The van der Waals surface area contributed by atoms with Crippen LogP contribution in [0.4, 0.5) is 33.3 Å². The van der Waals surface area contributed by atoms with E-state index in [0.29, 0.717) is 49.4 Å². The quantitative estimate of drug-likeness (QED) is 0.202. The van der Waals surface area contributed by atoms with Gasteiger partial charge < -0.3 is 19.9 Å². The monoisotopic (exact) mass is 757 g/mol. The average molecular weight is 758 g/mol. The smallest absolute Gasteiger partial charge is 0.255 e. The third-order valence-electron chi connectivity index (χ3n) is 11.1. The minimum Gasteiger partial charge on any atom is -0.483 e. The van der Waals surface area contributed by atoms with Crippen LogP contribution in [0.2, 0.25) is 0 Å². The van der Waals surface area contributed by atoms with Crippen LogP contribution in [0.1, 0.15) is 61.1 Å². The Bertz CT molecular complexity index is 2080. The number of hydrogen-bond acceptors (Lipinski definition) is 6. The topological polar surface area (TPSA) is 96.0 Å². The Labute approximate surface area is 304 Å². The fourth-order valence-electron chi connectivity index (χ4n) is 8.89. The van der Waals surface area contributed by atoms with Crippen LogP contribution in [-0.4, -0.2) is 69.4 Å². The van der Waals surface area contributed by atoms with E-state index in [1.165, 1.54) is 23.1 Å². The van der Waals surface area contributed by atoms with Crippen molar-refractivity contribution in [2.24, 2.45) is 0 Å². The Hall–Kier alpha value is -4.46. The lowest BCUT2D eigenvalue weighted by Crippen LogP contribution is -2.63. The van der Waals surface area contributed by atoms with Gasteiger partial charge in [0.2, 0.25) is 5.91 Å². The molecule has 2 aliphatic heterocycles. The highest BCUT2D eigenvalue weighted by molar-refractivity contribution is 7.90. The van der Waals surface area contributed by atoms with Crippen molar-refractivity contribution in [3.63, 3.8) is 0 Å². The Balaban J connectivity index is 1.06. The summed E-state index contributed by atoms with van der Waals surface area (Å²) in [5.41, 5.74) is 1.69. The second kappa shape index (κ2) is 13.4. The summed E-state index contributed by atoms with van der Waals surface area (Å²) in [5, 5.41) is 2.80. The molecule has 0 aromatic heterocycles. The molecule has 0 radical (unpaired) electrons. The molecule has 282 valence electrons. The van der Waals surface area contributed by atoms with Gasteiger partial charge in [-0.1, -0.05) is 18.7 Å². The van der Waals surface area contributed by atoms with Gasteiger partial charge in [0.1, 0.15) is 27.0 Å². The summed E-state index contributed by atoms with van der Waals surface area (Å²) in [5.74, 6) is -6.49. The molecule has 1 N–H and O–H groups in total. The van der Waals surface area contributed by atoms with Crippen molar-refractivity contribution in [2.75, 3.05) is 41.4 Å². The first-order valence-electron chi connectivity index (χ1n) is 17.6. The number of nitrogens with one attached hydrogen (secondary N) is 1. The molecular formula is C39H40F5N3O5S. The normalized spacial score (nSPS) is 21.3. The Kier molecular flexibility index (Phi) is 9.35. The fourth-order valence-corrected chi connectivity index (χ4v) is 9.82. The van der Waals surface area contributed by atoms with Gasteiger partial charge in [-0.3, -0.25) is 9.59 Å². The second-order valence-corrected chi connectivity index (χ2v) is 17.4. The van der Waals surface area contributed by atoms with Crippen molar-refractivity contribution in [1.82, 2.24) is 5.32 Å². The summed E-state index contributed by atoms with van der Waals surface area (Å²) < 4.78 is 101. The largest absolute Gasteiger partial charge is 0.483 e. The molecular weight excluding hydrogens is 718 g/mol. The number of hydrogen-bond donors (Lipinski definition) is 1. The summed E-state index contributed by atoms with van der Waals surface area (Å²) in [6.07, 6.45) is 3.04. The number of carbonyl (C=O) groups excluding carboxylic acids is 2. The number of amides is 2. The summed E-state index contributed by atoms with van der Waals surface area (Å²) in [4.78, 5) is 29.8. The molecule has 0 bridgehead atoms. The van der Waals surface area contributed by atoms with Crippen molar-refractivity contribution in [3.05, 3.63) is 101 Å². The first-order chi connectivity index (χ1) is 25.0. The van der Waals surface area contributed by atoms with Crippen LogP contribution < -0.4 is 19.9 Å². The molecule has 2 aliphatic carbocycles. The van der Waals surface area contributed by atoms with E-state index in [9.17, 15) is 40.0 Å². The standard InChI is InChI=1S/C39H40F5N3O5S/c1-3-36(49)47-23-38(21-39(43,44)22-38)52-34-18-28(6-9-33(34)47)46-12-10-37(11-13-46)19-25(29-7-5-26(40)17-30(29)37)16-35(48)45-27(20-53(2,50)51)14-24-4-8-31(41)32(42)15-24/h3-9,15,17-18,25,27H,1,10-14,16,19-23H2,2H3,(H,45,48)/t25-,27-/m1/s1. The van der Waals surface area contributed by atoms with Gasteiger partial charge in [-0.05, 0) is 96.2 Å². The van der Waals surface area contributed by atoms with Crippen LogP contribution in [0.15, 0.2) is 67.3 Å². The maximum Gasteiger partial charge on any atom is 0.255 e. The highest BCUT2D eigenvalue weighted by Gasteiger charge is 2.61. The van der Waals surface area contributed by atoms with Crippen molar-refractivity contribution >= 4 is 33.0 Å². The van der Waals surface area contributed by atoms with Gasteiger partial charge in [-0.25, -0.2) is 30.4 Å². The number of benzene rings is 3. The molecule has 53 heavy (non-hydrogen) atoms. The SMILES string of the molecule is C=CC(=O)N1CC2(CC(F)(F)C2)Oc2cc(N3CCC4(CC3)C[C@@H](CC(=O)N[C@H](Cc3ccc(F)c(F)c3)CS(C)(=O)=O)c3ccc(F)cc34)ccc21. The van der Waals surface area contributed by atoms with E-state index in [1.807, 2.05) is 6.07 Å². The van der Waals surface area contributed by atoms with Gasteiger partial charge in [0.05, 0.1) is 30.8 Å². The highest BCUT2D eigenvalue weighted by atomic mass is 32.2. The first-order valence-corrected chi connectivity index (χ1v) is 19.6. The number of ether oxygens (including phenoxy) is 1. The van der Waals surface area contributed by atoms with Gasteiger partial charge in [-0.15, -0.1) is 0 Å². The van der Waals surface area contributed by atoms with Crippen LogP contribution >= 0.6 is 0 Å². The number of sulfone groups is 1. The van der Waals surface area contributed by atoms with Crippen LogP contribution in [0.5, 0.6) is 5.75 Å². The molecule has 1 saturated heterocycles. The predicted octanol–water partition coefficient (Wildman–Crippen LogP) is 6.37. The zero-order valence-corrected chi connectivity index (χ0v) is 30.0. The minimum absolute atomic E-state index is 0.00771. The van der Waals surface area contributed by atoms with Crippen molar-refractivity contribution < 1.29 is 44.7 Å². The van der Waals surface area contributed by atoms with Gasteiger partial charge >= 0.3 is 0 Å². The zero-order chi connectivity index (χ0) is 37.9.